The van der Waals surface area contributed by atoms with Crippen LogP contribution in [-0.4, -0.2) is 39.0 Å². The van der Waals surface area contributed by atoms with Gasteiger partial charge in [-0.05, 0) is 38.1 Å². The zero-order valence-electron chi connectivity index (χ0n) is 12.2. The van der Waals surface area contributed by atoms with E-state index in [0.29, 0.717) is 0 Å². The topological polar surface area (TPSA) is 30.5 Å². The highest BCUT2D eigenvalue weighted by Crippen LogP contribution is 2.28. The minimum absolute atomic E-state index is 0.736. The maximum Gasteiger partial charge on any atom is 0.0700 e. The van der Waals surface area contributed by atoms with Gasteiger partial charge >= 0.3 is 0 Å². The van der Waals surface area contributed by atoms with Gasteiger partial charge in [-0.2, -0.15) is 0 Å². The molecule has 1 saturated carbocycles. The van der Waals surface area contributed by atoms with Gasteiger partial charge in [0.1, 0.15) is 0 Å². The van der Waals surface area contributed by atoms with E-state index in [9.17, 15) is 0 Å². The molecule has 18 heavy (non-hydrogen) atoms. The van der Waals surface area contributed by atoms with Crippen LogP contribution < -0.4 is 5.32 Å². The summed E-state index contributed by atoms with van der Waals surface area (Å²) in [6, 6.07) is 0.736. The van der Waals surface area contributed by atoms with Crippen LogP contribution in [0.2, 0.25) is 0 Å². The van der Waals surface area contributed by atoms with E-state index < -0.39 is 0 Å². The predicted molar refractivity (Wildman–Crippen MR) is 76.0 cm³/mol. The van der Waals surface area contributed by atoms with Crippen molar-refractivity contribution in [1.82, 2.24) is 5.32 Å². The second-order valence-electron chi connectivity index (χ2n) is 5.22. The Morgan fingerprint density at radius 2 is 1.78 bits per heavy atom. The van der Waals surface area contributed by atoms with Crippen LogP contribution in [0.4, 0.5) is 0 Å². The molecule has 0 aromatic heterocycles. The number of ether oxygens (including phenoxy) is 2. The molecule has 2 unspecified atom stereocenters. The largest absolute Gasteiger partial charge is 0.379 e. The van der Waals surface area contributed by atoms with Gasteiger partial charge in [0.05, 0.1) is 13.2 Å². The highest BCUT2D eigenvalue weighted by atomic mass is 16.5. The van der Waals surface area contributed by atoms with Crippen molar-refractivity contribution in [2.75, 3.05) is 33.0 Å². The van der Waals surface area contributed by atoms with E-state index >= 15 is 0 Å². The normalized spacial score (nSPS) is 23.7. The fourth-order valence-corrected chi connectivity index (χ4v) is 2.72. The van der Waals surface area contributed by atoms with Crippen molar-refractivity contribution in [3.05, 3.63) is 0 Å². The summed E-state index contributed by atoms with van der Waals surface area (Å²) < 4.78 is 11.1. The van der Waals surface area contributed by atoms with Gasteiger partial charge in [-0.1, -0.05) is 26.7 Å². The van der Waals surface area contributed by atoms with Crippen molar-refractivity contribution in [3.8, 4) is 0 Å². The van der Waals surface area contributed by atoms with Gasteiger partial charge in [0.15, 0.2) is 0 Å². The third-order valence-corrected chi connectivity index (χ3v) is 3.77. The quantitative estimate of drug-likeness (QED) is 0.577. The number of nitrogens with one attached hydrogen (secondary N) is 1. The van der Waals surface area contributed by atoms with Crippen molar-refractivity contribution in [2.24, 2.45) is 5.92 Å². The van der Waals surface area contributed by atoms with Crippen LogP contribution in [0.3, 0.4) is 0 Å². The van der Waals surface area contributed by atoms with Crippen LogP contribution >= 0.6 is 0 Å². The molecule has 3 heteroatoms. The third-order valence-electron chi connectivity index (χ3n) is 3.77. The summed E-state index contributed by atoms with van der Waals surface area (Å²) in [4.78, 5) is 0. The molecule has 108 valence electrons. The summed E-state index contributed by atoms with van der Waals surface area (Å²) >= 11 is 0. The molecule has 1 rings (SSSR count). The first-order valence-corrected chi connectivity index (χ1v) is 7.77. The van der Waals surface area contributed by atoms with E-state index in [1.165, 1.54) is 32.1 Å². The van der Waals surface area contributed by atoms with Crippen LogP contribution in [-0.2, 0) is 9.47 Å². The molecule has 2 atom stereocenters. The maximum absolute atomic E-state index is 5.65. The zero-order chi connectivity index (χ0) is 13.1. The molecule has 1 N–H and O–H groups in total. The first-order valence-electron chi connectivity index (χ1n) is 7.77. The Hall–Kier alpha value is -0.120. The average molecular weight is 257 g/mol. The Labute approximate surface area is 113 Å². The molecule has 0 saturated heterocycles. The minimum atomic E-state index is 0.736. The van der Waals surface area contributed by atoms with Crippen molar-refractivity contribution < 1.29 is 9.47 Å². The van der Waals surface area contributed by atoms with Crippen LogP contribution in [0.5, 0.6) is 0 Å². The molecule has 0 aromatic carbocycles. The Morgan fingerprint density at radius 1 is 1.00 bits per heavy atom. The highest BCUT2D eigenvalue weighted by molar-refractivity contribution is 4.82. The maximum atomic E-state index is 5.65. The summed E-state index contributed by atoms with van der Waals surface area (Å²) in [5.74, 6) is 0.825. The molecule has 1 aliphatic rings. The van der Waals surface area contributed by atoms with Gasteiger partial charge in [-0.25, -0.2) is 0 Å². The molecule has 0 amide bonds. The van der Waals surface area contributed by atoms with Crippen LogP contribution in [0.1, 0.15) is 52.4 Å². The van der Waals surface area contributed by atoms with Gasteiger partial charge < -0.3 is 14.8 Å². The Morgan fingerprint density at radius 3 is 2.50 bits per heavy atom. The minimum Gasteiger partial charge on any atom is -0.379 e. The lowest BCUT2D eigenvalue weighted by atomic mass is 10.0. The van der Waals surface area contributed by atoms with Gasteiger partial charge in [-0.15, -0.1) is 0 Å². The van der Waals surface area contributed by atoms with E-state index in [-0.39, 0.29) is 0 Å². The van der Waals surface area contributed by atoms with Crippen molar-refractivity contribution in [3.63, 3.8) is 0 Å². The summed E-state index contributed by atoms with van der Waals surface area (Å²) in [5.41, 5.74) is 0. The van der Waals surface area contributed by atoms with Gasteiger partial charge in [-0.3, -0.25) is 0 Å². The van der Waals surface area contributed by atoms with Crippen LogP contribution in [0.25, 0.3) is 0 Å². The monoisotopic (exact) mass is 257 g/mol. The summed E-state index contributed by atoms with van der Waals surface area (Å²) in [7, 11) is 0. The lowest BCUT2D eigenvalue weighted by Gasteiger charge is -2.20. The first-order chi connectivity index (χ1) is 8.88. The number of hydrogen-bond donors (Lipinski definition) is 1. The number of unbranched alkanes of at least 4 members (excludes halogenated alkanes) is 1. The Kier molecular flexibility index (Phi) is 9.54. The smallest absolute Gasteiger partial charge is 0.0700 e. The molecule has 1 aliphatic carbocycles. The summed E-state index contributed by atoms with van der Waals surface area (Å²) in [6.45, 7) is 8.74. The molecule has 0 spiro atoms. The number of rotatable bonds is 11. The molecule has 1 fully saturated rings. The van der Waals surface area contributed by atoms with Crippen molar-refractivity contribution in [1.29, 1.82) is 0 Å². The first kappa shape index (κ1) is 15.9. The zero-order valence-corrected chi connectivity index (χ0v) is 12.2. The van der Waals surface area contributed by atoms with E-state index in [0.717, 1.165) is 51.4 Å². The predicted octanol–water partition coefficient (Wildman–Crippen LogP) is 2.99. The van der Waals surface area contributed by atoms with E-state index in [1.807, 2.05) is 0 Å². The van der Waals surface area contributed by atoms with Crippen molar-refractivity contribution in [2.45, 2.75) is 58.4 Å². The molecule has 0 radical (unpaired) electrons. The molecule has 0 heterocycles. The van der Waals surface area contributed by atoms with Crippen LogP contribution in [0, 0.1) is 5.92 Å². The molecular weight excluding hydrogens is 226 g/mol. The van der Waals surface area contributed by atoms with E-state index in [1.54, 1.807) is 0 Å². The fraction of sp³-hybridized carbons (Fsp3) is 1.00. The van der Waals surface area contributed by atoms with E-state index in [4.69, 9.17) is 9.47 Å². The Balaban J connectivity index is 1.91. The second kappa shape index (κ2) is 10.8. The van der Waals surface area contributed by atoms with E-state index in [2.05, 4.69) is 19.2 Å². The van der Waals surface area contributed by atoms with Gasteiger partial charge in [0.25, 0.3) is 0 Å². The highest BCUT2D eigenvalue weighted by Gasteiger charge is 2.25. The van der Waals surface area contributed by atoms with Crippen molar-refractivity contribution >= 4 is 0 Å². The lowest BCUT2D eigenvalue weighted by molar-refractivity contribution is 0.0411. The molecule has 0 aromatic rings. The summed E-state index contributed by atoms with van der Waals surface area (Å²) in [5, 5.41) is 3.59. The molecular formula is C15H31NO2. The van der Waals surface area contributed by atoms with Crippen LogP contribution in [0.15, 0.2) is 0 Å². The molecule has 0 aliphatic heterocycles. The SMILES string of the molecule is CCCCOCCOCCC1CCCC1NCC. The van der Waals surface area contributed by atoms with Gasteiger partial charge in [0.2, 0.25) is 0 Å². The fourth-order valence-electron chi connectivity index (χ4n) is 2.72. The molecule has 0 bridgehead atoms. The summed E-state index contributed by atoms with van der Waals surface area (Å²) in [6.07, 6.45) is 7.66. The number of hydrogen-bond acceptors (Lipinski definition) is 3. The Bertz CT molecular complexity index is 187. The third kappa shape index (κ3) is 6.72. The molecule has 3 nitrogen and oxygen atoms in total. The van der Waals surface area contributed by atoms with Gasteiger partial charge in [0, 0.05) is 19.3 Å². The lowest BCUT2D eigenvalue weighted by Crippen LogP contribution is -2.32. The average Bonchev–Trinajstić information content (AvgIpc) is 2.81. The standard InChI is InChI=1S/C15H31NO2/c1-3-5-10-17-12-13-18-11-9-14-7-6-8-15(14)16-4-2/h14-16H,3-13H2,1-2H3. The second-order valence-corrected chi connectivity index (χ2v) is 5.22.